The lowest BCUT2D eigenvalue weighted by Gasteiger charge is -2.34. The highest BCUT2D eigenvalue weighted by atomic mass is 32.2. The molecule has 0 radical (unpaired) electrons. The van der Waals surface area contributed by atoms with E-state index in [0.717, 1.165) is 38.2 Å². The second-order valence-electron chi connectivity index (χ2n) is 6.21. The Morgan fingerprint density at radius 1 is 1.27 bits per heavy atom. The summed E-state index contributed by atoms with van der Waals surface area (Å²) in [7, 11) is 0. The van der Waals surface area contributed by atoms with Gasteiger partial charge in [-0.2, -0.15) is 11.8 Å². The molecule has 0 aliphatic carbocycles. The summed E-state index contributed by atoms with van der Waals surface area (Å²) in [5.41, 5.74) is 1.14. The normalized spacial score (nSPS) is 25.0. The lowest BCUT2D eigenvalue weighted by Crippen LogP contribution is -2.49. The molecule has 2 fully saturated rings. The Labute approximate surface area is 137 Å². The maximum atomic E-state index is 12.3. The minimum Gasteiger partial charge on any atom is -0.381 e. The molecule has 0 aromatic heterocycles. The summed E-state index contributed by atoms with van der Waals surface area (Å²) < 4.78 is 0. The van der Waals surface area contributed by atoms with E-state index in [1.807, 2.05) is 34.9 Å². The van der Waals surface area contributed by atoms with Crippen LogP contribution in [0.15, 0.2) is 30.3 Å². The fourth-order valence-electron chi connectivity index (χ4n) is 3.14. The second-order valence-corrected chi connectivity index (χ2v) is 7.36. The van der Waals surface area contributed by atoms with Gasteiger partial charge in [0.2, 0.25) is 0 Å². The summed E-state index contributed by atoms with van der Waals surface area (Å²) in [5, 5.41) is 6.66. The molecule has 4 nitrogen and oxygen atoms in total. The number of carbonyl (C=O) groups excluding carboxylic acids is 1. The predicted molar refractivity (Wildman–Crippen MR) is 93.5 cm³/mol. The molecule has 2 amide bonds. The molecule has 1 aromatic carbocycles. The van der Waals surface area contributed by atoms with Crippen LogP contribution in [0, 0.1) is 5.92 Å². The molecule has 5 heteroatoms. The quantitative estimate of drug-likeness (QED) is 0.896. The summed E-state index contributed by atoms with van der Waals surface area (Å²) in [5.74, 6) is 3.10. The van der Waals surface area contributed by atoms with Crippen molar-refractivity contribution in [2.45, 2.75) is 25.3 Å². The zero-order chi connectivity index (χ0) is 15.2. The first-order valence-electron chi connectivity index (χ1n) is 8.23. The maximum absolute atomic E-state index is 12.3. The van der Waals surface area contributed by atoms with Crippen LogP contribution in [0.25, 0.3) is 0 Å². The summed E-state index contributed by atoms with van der Waals surface area (Å²) in [4.78, 5) is 14.3. The lowest BCUT2D eigenvalue weighted by molar-refractivity contribution is 0.181. The Kier molecular flexibility index (Phi) is 5.48. The Bertz CT molecular complexity index is 476. The van der Waals surface area contributed by atoms with Gasteiger partial charge in [0.05, 0.1) is 0 Å². The predicted octanol–water partition coefficient (Wildman–Crippen LogP) is 3.03. The van der Waals surface area contributed by atoms with E-state index in [1.165, 1.54) is 17.9 Å². The van der Waals surface area contributed by atoms with Crippen LogP contribution in [0.4, 0.5) is 10.5 Å². The number of thioether (sulfide) groups is 1. The van der Waals surface area contributed by atoms with Gasteiger partial charge in [0, 0.05) is 31.4 Å². The number of amides is 2. The molecule has 0 unspecified atom stereocenters. The zero-order valence-electron chi connectivity index (χ0n) is 13.0. The molecule has 2 aliphatic rings. The number of hydrogen-bond acceptors (Lipinski definition) is 3. The third-order valence-corrected chi connectivity index (χ3v) is 5.65. The third-order valence-electron chi connectivity index (χ3n) is 4.42. The fraction of sp³-hybridized carbons (Fsp3) is 0.588. The number of benzene rings is 1. The van der Waals surface area contributed by atoms with Gasteiger partial charge in [-0.3, -0.25) is 0 Å². The summed E-state index contributed by atoms with van der Waals surface area (Å²) in [6.07, 6.45) is 3.43. The Morgan fingerprint density at radius 2 is 2.14 bits per heavy atom. The SMILES string of the molecule is O=C(NC[C@H]1CCSC1)N1CCC[C@@H](Nc2ccccc2)C1. The van der Waals surface area contributed by atoms with Crippen LogP contribution < -0.4 is 10.6 Å². The number of nitrogens with one attached hydrogen (secondary N) is 2. The van der Waals surface area contributed by atoms with Crippen molar-refractivity contribution >= 4 is 23.5 Å². The van der Waals surface area contributed by atoms with Gasteiger partial charge in [-0.1, -0.05) is 18.2 Å². The zero-order valence-corrected chi connectivity index (χ0v) is 13.8. The van der Waals surface area contributed by atoms with Gasteiger partial charge >= 0.3 is 6.03 Å². The van der Waals surface area contributed by atoms with E-state index in [9.17, 15) is 4.79 Å². The van der Waals surface area contributed by atoms with Gasteiger partial charge in [0.15, 0.2) is 0 Å². The largest absolute Gasteiger partial charge is 0.381 e. The van der Waals surface area contributed by atoms with Crippen molar-refractivity contribution in [2.75, 3.05) is 36.5 Å². The topological polar surface area (TPSA) is 44.4 Å². The smallest absolute Gasteiger partial charge is 0.317 e. The molecule has 2 atom stereocenters. The van der Waals surface area contributed by atoms with E-state index in [4.69, 9.17) is 0 Å². The van der Waals surface area contributed by atoms with Crippen LogP contribution in [0.1, 0.15) is 19.3 Å². The van der Waals surface area contributed by atoms with Crippen molar-refractivity contribution in [1.29, 1.82) is 0 Å². The minimum absolute atomic E-state index is 0.108. The number of anilines is 1. The first-order chi connectivity index (χ1) is 10.8. The van der Waals surface area contributed by atoms with Crippen molar-refractivity contribution in [3.05, 3.63) is 30.3 Å². The van der Waals surface area contributed by atoms with Crippen molar-refractivity contribution in [3.63, 3.8) is 0 Å². The van der Waals surface area contributed by atoms with Gasteiger partial charge in [0.25, 0.3) is 0 Å². The first kappa shape index (κ1) is 15.5. The Morgan fingerprint density at radius 3 is 2.91 bits per heavy atom. The van der Waals surface area contributed by atoms with Crippen LogP contribution in [0.2, 0.25) is 0 Å². The standard InChI is InChI=1S/C17H25N3OS/c21-17(18-11-14-8-10-22-13-14)20-9-4-7-16(12-20)19-15-5-2-1-3-6-15/h1-3,5-6,14,16,19H,4,7-13H2,(H,18,21)/t14-,16-/m1/s1. The molecule has 2 saturated heterocycles. The first-order valence-corrected chi connectivity index (χ1v) is 9.39. The van der Waals surface area contributed by atoms with E-state index >= 15 is 0 Å². The van der Waals surface area contributed by atoms with Crippen molar-refractivity contribution in [1.82, 2.24) is 10.2 Å². The van der Waals surface area contributed by atoms with Crippen LogP contribution in [0.3, 0.4) is 0 Å². The number of urea groups is 1. The van der Waals surface area contributed by atoms with Gasteiger partial charge in [-0.15, -0.1) is 0 Å². The second kappa shape index (κ2) is 7.77. The maximum Gasteiger partial charge on any atom is 0.317 e. The third kappa shape index (κ3) is 4.32. The number of carbonyl (C=O) groups is 1. The highest BCUT2D eigenvalue weighted by molar-refractivity contribution is 7.99. The van der Waals surface area contributed by atoms with E-state index in [2.05, 4.69) is 22.8 Å². The molecule has 22 heavy (non-hydrogen) atoms. The highest BCUT2D eigenvalue weighted by Crippen LogP contribution is 2.22. The van der Waals surface area contributed by atoms with E-state index in [1.54, 1.807) is 0 Å². The van der Waals surface area contributed by atoms with Crippen LogP contribution >= 0.6 is 11.8 Å². The molecule has 120 valence electrons. The molecule has 2 aliphatic heterocycles. The number of likely N-dealkylation sites (tertiary alicyclic amines) is 1. The molecule has 0 bridgehead atoms. The average Bonchev–Trinajstić information content (AvgIpc) is 3.07. The minimum atomic E-state index is 0.108. The highest BCUT2D eigenvalue weighted by Gasteiger charge is 2.24. The Balaban J connectivity index is 1.46. The Hall–Kier alpha value is -1.36. The van der Waals surface area contributed by atoms with E-state index in [-0.39, 0.29) is 6.03 Å². The molecule has 2 N–H and O–H groups in total. The molecule has 0 spiro atoms. The number of hydrogen-bond donors (Lipinski definition) is 2. The molecule has 0 saturated carbocycles. The van der Waals surface area contributed by atoms with Gasteiger partial charge in [-0.05, 0) is 48.8 Å². The van der Waals surface area contributed by atoms with E-state index < -0.39 is 0 Å². The number of para-hydroxylation sites is 1. The molecule has 3 rings (SSSR count). The van der Waals surface area contributed by atoms with Crippen molar-refractivity contribution in [2.24, 2.45) is 5.92 Å². The van der Waals surface area contributed by atoms with Crippen LogP contribution in [0.5, 0.6) is 0 Å². The van der Waals surface area contributed by atoms with Gasteiger partial charge < -0.3 is 15.5 Å². The number of rotatable bonds is 4. The summed E-state index contributed by atoms with van der Waals surface area (Å²) in [6, 6.07) is 10.7. The summed E-state index contributed by atoms with van der Waals surface area (Å²) >= 11 is 2.00. The summed E-state index contributed by atoms with van der Waals surface area (Å²) in [6.45, 7) is 2.50. The van der Waals surface area contributed by atoms with Gasteiger partial charge in [0.1, 0.15) is 0 Å². The molecular formula is C17H25N3OS. The monoisotopic (exact) mass is 319 g/mol. The van der Waals surface area contributed by atoms with Crippen LogP contribution in [-0.4, -0.2) is 48.1 Å². The van der Waals surface area contributed by atoms with Crippen molar-refractivity contribution < 1.29 is 4.79 Å². The molecule has 1 aromatic rings. The van der Waals surface area contributed by atoms with E-state index in [0.29, 0.717) is 12.0 Å². The molecular weight excluding hydrogens is 294 g/mol. The molecule has 2 heterocycles. The van der Waals surface area contributed by atoms with Crippen LogP contribution in [-0.2, 0) is 0 Å². The van der Waals surface area contributed by atoms with Crippen molar-refractivity contribution in [3.8, 4) is 0 Å². The van der Waals surface area contributed by atoms with Gasteiger partial charge in [-0.25, -0.2) is 4.79 Å². The lowest BCUT2D eigenvalue weighted by atomic mass is 10.1. The average molecular weight is 319 g/mol. The number of piperidine rings is 1. The fourth-order valence-corrected chi connectivity index (χ4v) is 4.42. The number of nitrogens with zero attached hydrogens (tertiary/aromatic N) is 1.